The van der Waals surface area contributed by atoms with Crippen LogP contribution in [0.25, 0.3) is 0 Å². The zero-order valence-corrected chi connectivity index (χ0v) is 16.2. The van der Waals surface area contributed by atoms with Crippen LogP contribution in [0, 0.1) is 0 Å². The first-order valence-corrected chi connectivity index (χ1v) is 8.51. The van der Waals surface area contributed by atoms with Gasteiger partial charge in [0.15, 0.2) is 0 Å². The lowest BCUT2D eigenvalue weighted by Gasteiger charge is -2.27. The van der Waals surface area contributed by atoms with Gasteiger partial charge in [-0.1, -0.05) is 86.9 Å². The Morgan fingerprint density at radius 3 is 1.35 bits per heavy atom. The standard InChI is InChI=1S/C16H27P.C3H8/c1-11(17)12-8-13(15(2,3)4)10-14(9-12)16(5,6)7;1-3-2/h8-11H,17H2,1-7H3;3H2,1-2H3. The van der Waals surface area contributed by atoms with E-state index in [1.165, 1.54) is 23.1 Å². The zero-order valence-electron chi connectivity index (χ0n) is 15.1. The molecule has 1 aromatic carbocycles. The average molecular weight is 294 g/mol. The molecule has 0 aliphatic rings. The van der Waals surface area contributed by atoms with Gasteiger partial charge in [-0.05, 0) is 33.2 Å². The molecule has 116 valence electrons. The fraction of sp³-hybridized carbons (Fsp3) is 0.684. The fourth-order valence-electron chi connectivity index (χ4n) is 1.78. The zero-order chi connectivity index (χ0) is 16.1. The van der Waals surface area contributed by atoms with Gasteiger partial charge in [-0.3, -0.25) is 0 Å². The van der Waals surface area contributed by atoms with Gasteiger partial charge >= 0.3 is 0 Å². The van der Waals surface area contributed by atoms with Gasteiger partial charge in [-0.25, -0.2) is 0 Å². The predicted octanol–water partition coefficient (Wildman–Crippen LogP) is 6.63. The molecule has 2 atom stereocenters. The Balaban J connectivity index is 0.00000110. The Bertz CT molecular complexity index is 371. The monoisotopic (exact) mass is 294 g/mol. The molecule has 0 saturated carbocycles. The molecule has 0 radical (unpaired) electrons. The van der Waals surface area contributed by atoms with Crippen LogP contribution in [0.3, 0.4) is 0 Å². The van der Waals surface area contributed by atoms with Crippen molar-refractivity contribution in [2.24, 2.45) is 0 Å². The van der Waals surface area contributed by atoms with Crippen molar-refractivity contribution in [1.29, 1.82) is 0 Å². The maximum absolute atomic E-state index is 2.90. The summed E-state index contributed by atoms with van der Waals surface area (Å²) in [5.41, 5.74) is 5.25. The second kappa shape index (κ2) is 7.60. The summed E-state index contributed by atoms with van der Waals surface area (Å²) in [4.78, 5) is 0. The van der Waals surface area contributed by atoms with Crippen molar-refractivity contribution in [3.63, 3.8) is 0 Å². The second-order valence-electron chi connectivity index (χ2n) is 7.84. The molecule has 1 heteroatoms. The molecule has 0 nitrogen and oxygen atoms in total. The van der Waals surface area contributed by atoms with E-state index in [0.717, 1.165) is 0 Å². The van der Waals surface area contributed by atoms with Crippen molar-refractivity contribution in [1.82, 2.24) is 0 Å². The van der Waals surface area contributed by atoms with Gasteiger partial charge in [0, 0.05) is 0 Å². The highest BCUT2D eigenvalue weighted by molar-refractivity contribution is 7.17. The Hall–Kier alpha value is -0.350. The smallest absolute Gasteiger partial charge is 0.00426 e. The largest absolute Gasteiger partial charge is 0.130 e. The van der Waals surface area contributed by atoms with Crippen LogP contribution in [-0.2, 0) is 10.8 Å². The Kier molecular flexibility index (Phi) is 7.47. The van der Waals surface area contributed by atoms with E-state index < -0.39 is 0 Å². The van der Waals surface area contributed by atoms with Crippen LogP contribution < -0.4 is 0 Å². The molecule has 0 aromatic heterocycles. The highest BCUT2D eigenvalue weighted by atomic mass is 31.0. The molecular weight excluding hydrogens is 259 g/mol. The van der Waals surface area contributed by atoms with E-state index in [4.69, 9.17) is 0 Å². The van der Waals surface area contributed by atoms with Crippen LogP contribution >= 0.6 is 9.24 Å². The van der Waals surface area contributed by atoms with E-state index in [1.807, 2.05) is 0 Å². The third-order valence-electron chi connectivity index (χ3n) is 3.21. The Morgan fingerprint density at radius 2 is 1.15 bits per heavy atom. The number of rotatable bonds is 1. The predicted molar refractivity (Wildman–Crippen MR) is 97.9 cm³/mol. The normalized spacial score (nSPS) is 13.5. The van der Waals surface area contributed by atoms with E-state index >= 15 is 0 Å². The van der Waals surface area contributed by atoms with E-state index in [2.05, 4.69) is 89.8 Å². The van der Waals surface area contributed by atoms with Crippen LogP contribution in [0.1, 0.15) is 91.1 Å². The van der Waals surface area contributed by atoms with E-state index in [0.29, 0.717) is 5.66 Å². The lowest BCUT2D eigenvalue weighted by molar-refractivity contribution is 0.567. The summed E-state index contributed by atoms with van der Waals surface area (Å²) in [6.07, 6.45) is 1.25. The summed E-state index contributed by atoms with van der Waals surface area (Å²) in [7, 11) is 2.90. The van der Waals surface area contributed by atoms with Crippen molar-refractivity contribution >= 4 is 9.24 Å². The number of hydrogen-bond donors (Lipinski definition) is 0. The van der Waals surface area contributed by atoms with Crippen molar-refractivity contribution in [3.8, 4) is 0 Å². The quantitative estimate of drug-likeness (QED) is 0.510. The van der Waals surface area contributed by atoms with Crippen molar-refractivity contribution < 1.29 is 0 Å². The van der Waals surface area contributed by atoms with Crippen molar-refractivity contribution in [3.05, 3.63) is 34.9 Å². The molecule has 0 aliphatic heterocycles. The minimum atomic E-state index is 0.218. The topological polar surface area (TPSA) is 0 Å². The highest BCUT2D eigenvalue weighted by Crippen LogP contribution is 2.33. The molecule has 0 amide bonds. The number of hydrogen-bond acceptors (Lipinski definition) is 0. The summed E-state index contributed by atoms with van der Waals surface area (Å²) in [6.45, 7) is 20.2. The molecule has 1 aromatic rings. The Labute approximate surface area is 130 Å². The molecule has 1 rings (SSSR count). The summed E-state index contributed by atoms with van der Waals surface area (Å²) in [5, 5.41) is 0. The fourth-order valence-corrected chi connectivity index (χ4v) is 1.97. The van der Waals surface area contributed by atoms with Crippen LogP contribution in [-0.4, -0.2) is 0 Å². The van der Waals surface area contributed by atoms with E-state index in [-0.39, 0.29) is 10.8 Å². The van der Waals surface area contributed by atoms with Crippen LogP contribution in [0.5, 0.6) is 0 Å². The molecule has 20 heavy (non-hydrogen) atoms. The summed E-state index contributed by atoms with van der Waals surface area (Å²) < 4.78 is 0. The minimum Gasteiger partial charge on any atom is -0.130 e. The number of benzene rings is 1. The van der Waals surface area contributed by atoms with Crippen LogP contribution in [0.2, 0.25) is 0 Å². The molecule has 0 aliphatic carbocycles. The third kappa shape index (κ3) is 6.40. The molecular formula is C19H35P. The van der Waals surface area contributed by atoms with Crippen LogP contribution in [0.4, 0.5) is 0 Å². The minimum absolute atomic E-state index is 0.218. The first-order chi connectivity index (χ1) is 8.93. The van der Waals surface area contributed by atoms with E-state index in [9.17, 15) is 0 Å². The first-order valence-electron chi connectivity index (χ1n) is 7.85. The maximum Gasteiger partial charge on any atom is -0.00426 e. The van der Waals surface area contributed by atoms with Gasteiger partial charge in [0.25, 0.3) is 0 Å². The van der Waals surface area contributed by atoms with Gasteiger partial charge in [-0.2, -0.15) is 0 Å². The summed E-state index contributed by atoms with van der Waals surface area (Å²) in [6, 6.07) is 7.08. The summed E-state index contributed by atoms with van der Waals surface area (Å²) in [5.74, 6) is 0. The van der Waals surface area contributed by atoms with Crippen molar-refractivity contribution in [2.45, 2.75) is 85.2 Å². The lowest BCUT2D eigenvalue weighted by atomic mass is 9.79. The SMILES string of the molecule is CC(P)c1cc(C(C)(C)C)cc(C(C)(C)C)c1.CCC. The van der Waals surface area contributed by atoms with Gasteiger partial charge in [0.2, 0.25) is 0 Å². The van der Waals surface area contributed by atoms with Gasteiger partial charge in [0.05, 0.1) is 0 Å². The molecule has 2 unspecified atom stereocenters. The molecule has 0 saturated heterocycles. The van der Waals surface area contributed by atoms with Gasteiger partial charge < -0.3 is 0 Å². The Morgan fingerprint density at radius 1 is 0.850 bits per heavy atom. The summed E-state index contributed by atoms with van der Waals surface area (Å²) >= 11 is 0. The molecule has 0 fully saturated rings. The third-order valence-corrected chi connectivity index (χ3v) is 3.60. The van der Waals surface area contributed by atoms with E-state index in [1.54, 1.807) is 0 Å². The molecule has 0 heterocycles. The maximum atomic E-state index is 2.90. The first kappa shape index (κ1) is 19.7. The molecule has 0 N–H and O–H groups in total. The lowest BCUT2D eigenvalue weighted by Crippen LogP contribution is -2.17. The second-order valence-corrected chi connectivity index (χ2v) is 8.84. The van der Waals surface area contributed by atoms with Gasteiger partial charge in [0.1, 0.15) is 0 Å². The molecule has 0 spiro atoms. The molecule has 0 bridgehead atoms. The average Bonchev–Trinajstić information content (AvgIpc) is 2.27. The highest BCUT2D eigenvalue weighted by Gasteiger charge is 2.20. The van der Waals surface area contributed by atoms with Crippen molar-refractivity contribution in [2.75, 3.05) is 0 Å². The van der Waals surface area contributed by atoms with Crippen LogP contribution in [0.15, 0.2) is 18.2 Å². The van der Waals surface area contributed by atoms with Gasteiger partial charge in [-0.15, -0.1) is 9.24 Å².